The number of benzene rings is 1. The van der Waals surface area contributed by atoms with Gasteiger partial charge in [-0.3, -0.25) is 14.5 Å². The maximum absolute atomic E-state index is 13.1. The highest BCUT2D eigenvalue weighted by atomic mass is 16.7. The molecule has 0 saturated carbocycles. The molecule has 2 amide bonds. The molecule has 0 unspecified atom stereocenters. The second-order valence-electron chi connectivity index (χ2n) is 7.54. The highest BCUT2D eigenvalue weighted by molar-refractivity contribution is 5.93. The average Bonchev–Trinajstić information content (AvgIpc) is 3.18. The van der Waals surface area contributed by atoms with E-state index in [-0.39, 0.29) is 17.7 Å². The van der Waals surface area contributed by atoms with Crippen LogP contribution >= 0.6 is 0 Å². The molecule has 134 valence electrons. The van der Waals surface area contributed by atoms with E-state index in [1.807, 2.05) is 44.2 Å². The van der Waals surface area contributed by atoms with Crippen LogP contribution < -0.4 is 0 Å². The largest absolute Gasteiger partial charge is 0.347 e. The van der Waals surface area contributed by atoms with Crippen LogP contribution in [0.2, 0.25) is 0 Å². The summed E-state index contributed by atoms with van der Waals surface area (Å²) in [7, 11) is 0. The number of nitrogens with zero attached hydrogens (tertiary/aromatic N) is 2. The Hall–Kier alpha value is -1.92. The van der Waals surface area contributed by atoms with Gasteiger partial charge in [-0.2, -0.15) is 0 Å². The van der Waals surface area contributed by atoms with Crippen LogP contribution in [-0.4, -0.2) is 57.4 Å². The number of amides is 2. The zero-order valence-corrected chi connectivity index (χ0v) is 14.6. The monoisotopic (exact) mass is 344 g/mol. The molecule has 3 saturated heterocycles. The van der Waals surface area contributed by atoms with Gasteiger partial charge in [-0.05, 0) is 24.3 Å². The first-order valence-electron chi connectivity index (χ1n) is 9.01. The molecule has 1 aromatic carbocycles. The number of fused-ring (bicyclic) bond motifs is 3. The van der Waals surface area contributed by atoms with E-state index in [1.165, 1.54) is 4.90 Å². The molecular formula is C19H24N2O4. The summed E-state index contributed by atoms with van der Waals surface area (Å²) in [6.45, 7) is 4.39. The van der Waals surface area contributed by atoms with E-state index in [0.29, 0.717) is 19.4 Å². The zero-order valence-electron chi connectivity index (χ0n) is 14.6. The number of aliphatic hydroxyl groups is 1. The summed E-state index contributed by atoms with van der Waals surface area (Å²) in [5, 5.41) is 11.3. The summed E-state index contributed by atoms with van der Waals surface area (Å²) in [5.41, 5.74) is 0.960. The van der Waals surface area contributed by atoms with Crippen LogP contribution in [0.4, 0.5) is 0 Å². The van der Waals surface area contributed by atoms with Gasteiger partial charge in [0.05, 0.1) is 0 Å². The molecule has 1 N–H and O–H groups in total. The molecular weight excluding hydrogens is 320 g/mol. The van der Waals surface area contributed by atoms with E-state index >= 15 is 0 Å². The first-order valence-corrected chi connectivity index (χ1v) is 9.01. The van der Waals surface area contributed by atoms with E-state index < -0.39 is 24.1 Å². The Balaban J connectivity index is 1.74. The van der Waals surface area contributed by atoms with Gasteiger partial charge < -0.3 is 14.7 Å². The quantitative estimate of drug-likeness (QED) is 0.892. The van der Waals surface area contributed by atoms with Crippen molar-refractivity contribution in [3.63, 3.8) is 0 Å². The Labute approximate surface area is 147 Å². The maximum atomic E-state index is 13.1. The number of hydrogen-bond donors (Lipinski definition) is 1. The first-order chi connectivity index (χ1) is 11.9. The Morgan fingerprint density at radius 2 is 1.96 bits per heavy atom. The minimum Gasteiger partial charge on any atom is -0.347 e. The Morgan fingerprint density at radius 1 is 1.24 bits per heavy atom. The Bertz CT molecular complexity index is 692. The van der Waals surface area contributed by atoms with Crippen molar-refractivity contribution in [3.05, 3.63) is 35.9 Å². The van der Waals surface area contributed by atoms with Crippen molar-refractivity contribution in [1.29, 1.82) is 0 Å². The van der Waals surface area contributed by atoms with Crippen LogP contribution in [0.5, 0.6) is 0 Å². The average molecular weight is 344 g/mol. The fraction of sp³-hybridized carbons (Fsp3) is 0.579. The van der Waals surface area contributed by atoms with Crippen molar-refractivity contribution in [2.75, 3.05) is 6.54 Å². The van der Waals surface area contributed by atoms with Crippen molar-refractivity contribution >= 4 is 11.8 Å². The summed E-state index contributed by atoms with van der Waals surface area (Å²) in [5.74, 6) is -2.14. The van der Waals surface area contributed by atoms with Gasteiger partial charge in [0.2, 0.25) is 5.91 Å². The second-order valence-corrected chi connectivity index (χ2v) is 7.54. The Morgan fingerprint density at radius 3 is 2.64 bits per heavy atom. The standard InChI is InChI=1S/C19H24N2O4/c1-12(2)16-18(23)21-14(11-13-7-4-3-5-8-13)17(22)20-10-6-9-15(20)19(21,24)25-16/h3-5,7-8,12,14-16,24H,6,9-11H2,1-2H3/t14-,15-,16-,19-/m0/s1. The molecule has 0 radical (unpaired) electrons. The lowest BCUT2D eigenvalue weighted by molar-refractivity contribution is -0.303. The topological polar surface area (TPSA) is 70.1 Å². The third kappa shape index (κ3) is 2.39. The number of rotatable bonds is 3. The number of carbonyl (C=O) groups excluding carboxylic acids is 2. The molecule has 1 aromatic rings. The fourth-order valence-electron chi connectivity index (χ4n) is 4.37. The van der Waals surface area contributed by atoms with Crippen LogP contribution in [0.25, 0.3) is 0 Å². The smallest absolute Gasteiger partial charge is 0.274 e. The summed E-state index contributed by atoms with van der Waals surface area (Å²) in [4.78, 5) is 29.1. The number of ether oxygens (including phenoxy) is 1. The molecule has 0 bridgehead atoms. The van der Waals surface area contributed by atoms with E-state index in [1.54, 1.807) is 4.90 Å². The van der Waals surface area contributed by atoms with Gasteiger partial charge in [0.1, 0.15) is 18.2 Å². The molecule has 4 rings (SSSR count). The molecule has 25 heavy (non-hydrogen) atoms. The Kier molecular flexibility index (Phi) is 3.85. The van der Waals surface area contributed by atoms with Crippen LogP contribution in [0.1, 0.15) is 32.3 Å². The normalized spacial score (nSPS) is 34.6. The van der Waals surface area contributed by atoms with E-state index in [4.69, 9.17) is 4.74 Å². The third-order valence-electron chi connectivity index (χ3n) is 5.57. The van der Waals surface area contributed by atoms with Crippen LogP contribution in [0.3, 0.4) is 0 Å². The highest BCUT2D eigenvalue weighted by Crippen LogP contribution is 2.44. The fourth-order valence-corrected chi connectivity index (χ4v) is 4.37. The molecule has 6 nitrogen and oxygen atoms in total. The van der Waals surface area contributed by atoms with Gasteiger partial charge >= 0.3 is 0 Å². The summed E-state index contributed by atoms with van der Waals surface area (Å²) in [6.07, 6.45) is 1.13. The van der Waals surface area contributed by atoms with Crippen LogP contribution in [-0.2, 0) is 20.7 Å². The lowest BCUT2D eigenvalue weighted by Crippen LogP contribution is -2.71. The molecule has 3 heterocycles. The van der Waals surface area contributed by atoms with Gasteiger partial charge in [0, 0.05) is 13.0 Å². The molecule has 3 aliphatic rings. The lowest BCUT2D eigenvalue weighted by atomic mass is 9.96. The van der Waals surface area contributed by atoms with E-state index in [9.17, 15) is 14.7 Å². The number of hydrogen-bond acceptors (Lipinski definition) is 4. The van der Waals surface area contributed by atoms with Crippen molar-refractivity contribution in [3.8, 4) is 0 Å². The van der Waals surface area contributed by atoms with Crippen molar-refractivity contribution < 1.29 is 19.4 Å². The minimum atomic E-state index is -1.71. The van der Waals surface area contributed by atoms with Gasteiger partial charge in [0.25, 0.3) is 11.8 Å². The molecule has 0 spiro atoms. The molecule has 0 aliphatic carbocycles. The summed E-state index contributed by atoms with van der Waals surface area (Å²) in [6, 6.07) is 8.41. The molecule has 3 aliphatic heterocycles. The predicted molar refractivity (Wildman–Crippen MR) is 90.2 cm³/mol. The zero-order chi connectivity index (χ0) is 17.8. The van der Waals surface area contributed by atoms with Crippen LogP contribution in [0, 0.1) is 5.92 Å². The van der Waals surface area contributed by atoms with Crippen molar-refractivity contribution in [2.24, 2.45) is 5.92 Å². The maximum Gasteiger partial charge on any atom is 0.274 e. The molecule has 4 atom stereocenters. The lowest BCUT2D eigenvalue weighted by Gasteiger charge is -2.49. The van der Waals surface area contributed by atoms with Gasteiger partial charge in [0.15, 0.2) is 0 Å². The van der Waals surface area contributed by atoms with Crippen LogP contribution in [0.15, 0.2) is 30.3 Å². The number of piperazine rings is 1. The number of carbonyl (C=O) groups is 2. The minimum absolute atomic E-state index is 0.0653. The van der Waals surface area contributed by atoms with E-state index in [0.717, 1.165) is 12.0 Å². The van der Waals surface area contributed by atoms with E-state index in [2.05, 4.69) is 0 Å². The van der Waals surface area contributed by atoms with Gasteiger partial charge in [-0.1, -0.05) is 44.2 Å². The SMILES string of the molecule is CC(C)[C@@H]1O[C@@]2(O)[C@@H]3CCCN3C(=O)[C@H](Cc3ccccc3)N2C1=O. The predicted octanol–water partition coefficient (Wildman–Crippen LogP) is 1.13. The third-order valence-corrected chi connectivity index (χ3v) is 5.57. The second kappa shape index (κ2) is 5.81. The van der Waals surface area contributed by atoms with Crippen molar-refractivity contribution in [1.82, 2.24) is 9.80 Å². The molecule has 3 fully saturated rings. The van der Waals surface area contributed by atoms with Crippen molar-refractivity contribution in [2.45, 2.75) is 57.2 Å². The van der Waals surface area contributed by atoms with Gasteiger partial charge in [-0.15, -0.1) is 0 Å². The molecule has 6 heteroatoms. The first kappa shape index (κ1) is 16.5. The highest BCUT2D eigenvalue weighted by Gasteiger charge is 2.66. The summed E-state index contributed by atoms with van der Waals surface area (Å²) >= 11 is 0. The summed E-state index contributed by atoms with van der Waals surface area (Å²) < 4.78 is 5.89. The molecule has 0 aromatic heterocycles. The van der Waals surface area contributed by atoms with Gasteiger partial charge in [-0.25, -0.2) is 0 Å².